The van der Waals surface area contributed by atoms with Gasteiger partial charge in [-0.25, -0.2) is 4.39 Å². The molecule has 3 heteroatoms. The van der Waals surface area contributed by atoms with E-state index in [1.807, 2.05) is 6.08 Å². The molecule has 17 heavy (non-hydrogen) atoms. The summed E-state index contributed by atoms with van der Waals surface area (Å²) in [6.07, 6.45) is 5.83. The van der Waals surface area contributed by atoms with Crippen molar-refractivity contribution in [3.05, 3.63) is 40.7 Å². The fraction of sp³-hybridized carbons (Fsp3) is 0.357. The number of ketones is 1. The van der Waals surface area contributed by atoms with Crippen molar-refractivity contribution in [2.45, 2.75) is 32.6 Å². The van der Waals surface area contributed by atoms with Crippen molar-refractivity contribution in [3.8, 4) is 0 Å². The molecule has 0 saturated carbocycles. The highest BCUT2D eigenvalue weighted by molar-refractivity contribution is 6.09. The molecular formula is C14H16FNO. The van der Waals surface area contributed by atoms with Gasteiger partial charge in [0.2, 0.25) is 0 Å². The summed E-state index contributed by atoms with van der Waals surface area (Å²) < 4.78 is 13.5. The first-order chi connectivity index (χ1) is 8.09. The van der Waals surface area contributed by atoms with E-state index < -0.39 is 5.82 Å². The number of Topliss-reactive ketones (excluding diaryl/α,β-unsaturated/α-hetero) is 1. The third-order valence-electron chi connectivity index (χ3n) is 3.23. The van der Waals surface area contributed by atoms with E-state index >= 15 is 0 Å². The molecule has 1 aromatic carbocycles. The van der Waals surface area contributed by atoms with Crippen LogP contribution in [0.1, 0.15) is 41.6 Å². The second-order valence-electron chi connectivity index (χ2n) is 4.48. The van der Waals surface area contributed by atoms with Crippen molar-refractivity contribution in [2.24, 2.45) is 0 Å². The van der Waals surface area contributed by atoms with E-state index in [2.05, 4.69) is 0 Å². The Bertz CT molecular complexity index is 468. The average molecular weight is 233 g/mol. The molecule has 90 valence electrons. The number of benzene rings is 1. The molecule has 2 rings (SSSR count). The summed E-state index contributed by atoms with van der Waals surface area (Å²) in [5.41, 5.74) is 7.57. The number of hydrogen-bond acceptors (Lipinski definition) is 2. The third kappa shape index (κ3) is 2.38. The highest BCUT2D eigenvalue weighted by Crippen LogP contribution is 2.24. The standard InChI is InChI=1S/C14H16FNO/c1-9-12(15)7-11(8-13(9)16)14(17)10-5-3-2-4-6-10/h5,7-8H,2-4,6,16H2,1H3. The molecular weight excluding hydrogens is 217 g/mol. The summed E-state index contributed by atoms with van der Waals surface area (Å²) in [4.78, 5) is 12.1. The zero-order valence-corrected chi connectivity index (χ0v) is 9.92. The Morgan fingerprint density at radius 1 is 1.35 bits per heavy atom. The van der Waals surface area contributed by atoms with Gasteiger partial charge in [-0.3, -0.25) is 4.79 Å². The first kappa shape index (κ1) is 11.8. The Labute approximate surface area is 100 Å². The normalized spacial score (nSPS) is 15.5. The highest BCUT2D eigenvalue weighted by atomic mass is 19.1. The second kappa shape index (κ2) is 4.70. The minimum absolute atomic E-state index is 0.0877. The molecule has 2 N–H and O–H groups in total. The molecule has 0 bridgehead atoms. The summed E-state index contributed by atoms with van der Waals surface area (Å²) >= 11 is 0. The monoisotopic (exact) mass is 233 g/mol. The molecule has 1 aliphatic rings. The minimum atomic E-state index is -0.412. The van der Waals surface area contributed by atoms with Crippen LogP contribution in [0.4, 0.5) is 10.1 Å². The molecule has 0 spiro atoms. The predicted octanol–water partition coefficient (Wildman–Crippen LogP) is 3.40. The van der Waals surface area contributed by atoms with E-state index in [9.17, 15) is 9.18 Å². The third-order valence-corrected chi connectivity index (χ3v) is 3.23. The number of nitrogen functional groups attached to an aromatic ring is 1. The fourth-order valence-electron chi connectivity index (χ4n) is 2.06. The summed E-state index contributed by atoms with van der Waals surface area (Å²) in [7, 11) is 0. The van der Waals surface area contributed by atoms with Crippen LogP contribution >= 0.6 is 0 Å². The van der Waals surface area contributed by atoms with E-state index in [1.54, 1.807) is 13.0 Å². The summed E-state index contributed by atoms with van der Waals surface area (Å²) in [5.74, 6) is -0.500. The zero-order chi connectivity index (χ0) is 12.4. The van der Waals surface area contributed by atoms with Crippen LogP contribution in [0.2, 0.25) is 0 Å². The Hall–Kier alpha value is -1.64. The van der Waals surface area contributed by atoms with E-state index in [-0.39, 0.29) is 5.78 Å². The van der Waals surface area contributed by atoms with Gasteiger partial charge in [-0.1, -0.05) is 6.08 Å². The van der Waals surface area contributed by atoms with Crippen LogP contribution in [0.25, 0.3) is 0 Å². The Kier molecular flexibility index (Phi) is 3.27. The second-order valence-corrected chi connectivity index (χ2v) is 4.48. The molecule has 0 radical (unpaired) electrons. The topological polar surface area (TPSA) is 43.1 Å². The quantitative estimate of drug-likeness (QED) is 0.628. The molecule has 0 unspecified atom stereocenters. The smallest absolute Gasteiger partial charge is 0.188 e. The lowest BCUT2D eigenvalue weighted by molar-refractivity contribution is 0.102. The lowest BCUT2D eigenvalue weighted by Crippen LogP contribution is -2.08. The van der Waals surface area contributed by atoms with Gasteiger partial charge < -0.3 is 5.73 Å². The first-order valence-electron chi connectivity index (χ1n) is 5.89. The number of nitrogens with two attached hydrogens (primary N) is 1. The van der Waals surface area contributed by atoms with Crippen LogP contribution < -0.4 is 5.73 Å². The zero-order valence-electron chi connectivity index (χ0n) is 9.92. The van der Waals surface area contributed by atoms with Crippen LogP contribution in [0.3, 0.4) is 0 Å². The first-order valence-corrected chi connectivity index (χ1v) is 5.89. The Morgan fingerprint density at radius 2 is 2.12 bits per heavy atom. The molecule has 0 aromatic heterocycles. The van der Waals surface area contributed by atoms with E-state index in [4.69, 9.17) is 5.73 Å². The van der Waals surface area contributed by atoms with Gasteiger partial charge in [0.15, 0.2) is 5.78 Å². The number of carbonyl (C=O) groups excluding carboxylic acids is 1. The molecule has 2 nitrogen and oxygen atoms in total. The lowest BCUT2D eigenvalue weighted by Gasteiger charge is -2.12. The van der Waals surface area contributed by atoms with Crippen LogP contribution in [0.5, 0.6) is 0 Å². The average Bonchev–Trinajstić information content (AvgIpc) is 2.35. The molecule has 0 saturated heterocycles. The van der Waals surface area contributed by atoms with Gasteiger partial charge in [0, 0.05) is 16.8 Å². The minimum Gasteiger partial charge on any atom is -0.398 e. The van der Waals surface area contributed by atoms with Crippen molar-refractivity contribution >= 4 is 11.5 Å². The highest BCUT2D eigenvalue weighted by Gasteiger charge is 2.16. The van der Waals surface area contributed by atoms with Crippen LogP contribution in [0.15, 0.2) is 23.8 Å². The van der Waals surface area contributed by atoms with Crippen LogP contribution in [-0.4, -0.2) is 5.78 Å². The number of hydrogen-bond donors (Lipinski definition) is 1. The van der Waals surface area contributed by atoms with Crippen molar-refractivity contribution in [3.63, 3.8) is 0 Å². The Balaban J connectivity index is 2.34. The molecule has 0 atom stereocenters. The van der Waals surface area contributed by atoms with E-state index in [1.165, 1.54) is 6.07 Å². The van der Waals surface area contributed by atoms with Crippen molar-refractivity contribution in [1.29, 1.82) is 0 Å². The maximum atomic E-state index is 13.5. The number of anilines is 1. The van der Waals surface area contributed by atoms with Crippen molar-refractivity contribution < 1.29 is 9.18 Å². The van der Waals surface area contributed by atoms with Crippen molar-refractivity contribution in [1.82, 2.24) is 0 Å². The molecule has 0 heterocycles. The van der Waals surface area contributed by atoms with Gasteiger partial charge in [-0.15, -0.1) is 0 Å². The number of halogens is 1. The maximum Gasteiger partial charge on any atom is 0.188 e. The van der Waals surface area contributed by atoms with Gasteiger partial charge in [-0.05, 0) is 50.3 Å². The largest absolute Gasteiger partial charge is 0.398 e. The Morgan fingerprint density at radius 3 is 2.71 bits per heavy atom. The molecule has 0 aliphatic heterocycles. The number of rotatable bonds is 2. The van der Waals surface area contributed by atoms with E-state index in [0.717, 1.165) is 31.3 Å². The van der Waals surface area contributed by atoms with Crippen LogP contribution in [0, 0.1) is 12.7 Å². The molecule has 1 aliphatic carbocycles. The van der Waals surface area contributed by atoms with Gasteiger partial charge in [0.1, 0.15) is 5.82 Å². The van der Waals surface area contributed by atoms with Crippen LogP contribution in [-0.2, 0) is 0 Å². The predicted molar refractivity (Wildman–Crippen MR) is 66.4 cm³/mol. The molecule has 0 amide bonds. The lowest BCUT2D eigenvalue weighted by atomic mass is 9.92. The SMILES string of the molecule is Cc1c(N)cc(C(=O)C2=CCCCC2)cc1F. The maximum absolute atomic E-state index is 13.5. The van der Waals surface area contributed by atoms with E-state index in [0.29, 0.717) is 16.8 Å². The van der Waals surface area contributed by atoms with Gasteiger partial charge in [0.05, 0.1) is 0 Å². The van der Waals surface area contributed by atoms with Gasteiger partial charge in [0.25, 0.3) is 0 Å². The van der Waals surface area contributed by atoms with Gasteiger partial charge >= 0.3 is 0 Å². The summed E-state index contributed by atoms with van der Waals surface area (Å²) in [6.45, 7) is 1.61. The summed E-state index contributed by atoms with van der Waals surface area (Å²) in [5, 5.41) is 0. The summed E-state index contributed by atoms with van der Waals surface area (Å²) in [6, 6.07) is 2.85. The molecule has 0 fully saturated rings. The molecule has 1 aromatic rings. The van der Waals surface area contributed by atoms with Crippen molar-refractivity contribution in [2.75, 3.05) is 5.73 Å². The number of allylic oxidation sites excluding steroid dienone is 2. The fourth-order valence-corrected chi connectivity index (χ4v) is 2.06. The van der Waals surface area contributed by atoms with Gasteiger partial charge in [-0.2, -0.15) is 0 Å². The number of carbonyl (C=O) groups is 1.